The lowest BCUT2D eigenvalue weighted by molar-refractivity contribution is 0.0697. The monoisotopic (exact) mass is 534 g/mol. The van der Waals surface area contributed by atoms with E-state index in [0.29, 0.717) is 22.3 Å². The first-order chi connectivity index (χ1) is 17.3. The molecule has 5 heterocycles. The summed E-state index contributed by atoms with van der Waals surface area (Å²) in [5.41, 5.74) is 7.18. The summed E-state index contributed by atoms with van der Waals surface area (Å²) in [6.45, 7) is 8.82. The van der Waals surface area contributed by atoms with E-state index in [1.54, 1.807) is 19.5 Å². The predicted octanol–water partition coefficient (Wildman–Crippen LogP) is 2.97. The second-order valence-electron chi connectivity index (χ2n) is 10.7. The molecule has 0 unspecified atom stereocenters. The highest BCUT2D eigenvalue weighted by Gasteiger charge is 2.47. The first kappa shape index (κ1) is 25.9. The van der Waals surface area contributed by atoms with Gasteiger partial charge < -0.3 is 30.1 Å². The predicted molar refractivity (Wildman–Crippen MR) is 141 cm³/mol. The summed E-state index contributed by atoms with van der Waals surface area (Å²) in [6, 6.07) is 1.94. The molecular weight excluding hydrogens is 500 g/mol. The molecule has 0 aromatic carbocycles. The highest BCUT2D eigenvalue weighted by atomic mass is 35.5. The van der Waals surface area contributed by atoms with Gasteiger partial charge in [-0.15, -0.1) is 0 Å². The standard InChI is InChI=1S/C25H35ClN6O3S/c1-16-21(27)25(15-35-16)5-8-31(9-6-25)22-17(11-33)30-19(10-29-22)36-18-4-7-28-23(20(18)26)32-12-24(2,13-32)14-34-3/h4,7,10,16,21,33H,5-6,8-9,11-15,27H2,1-3H3/t16-,21+/m0/s1. The van der Waals surface area contributed by atoms with Crippen molar-refractivity contribution in [3.8, 4) is 0 Å². The summed E-state index contributed by atoms with van der Waals surface area (Å²) >= 11 is 8.19. The molecule has 0 saturated carbocycles. The summed E-state index contributed by atoms with van der Waals surface area (Å²) in [4.78, 5) is 19.2. The van der Waals surface area contributed by atoms with E-state index in [9.17, 15) is 5.11 Å². The molecule has 11 heteroatoms. The molecule has 2 aromatic rings. The summed E-state index contributed by atoms with van der Waals surface area (Å²) in [6.07, 6.45) is 5.50. The second kappa shape index (κ2) is 10.2. The number of hydrogen-bond acceptors (Lipinski definition) is 10. The van der Waals surface area contributed by atoms with Crippen LogP contribution in [-0.4, -0.2) is 78.7 Å². The molecule has 36 heavy (non-hydrogen) atoms. The van der Waals surface area contributed by atoms with Crippen LogP contribution in [0.4, 0.5) is 11.6 Å². The van der Waals surface area contributed by atoms with Gasteiger partial charge in [0.05, 0.1) is 37.1 Å². The van der Waals surface area contributed by atoms with Gasteiger partial charge in [-0.25, -0.2) is 15.0 Å². The van der Waals surface area contributed by atoms with Crippen LogP contribution in [0.3, 0.4) is 0 Å². The van der Waals surface area contributed by atoms with Crippen LogP contribution < -0.4 is 15.5 Å². The van der Waals surface area contributed by atoms with Gasteiger partial charge >= 0.3 is 0 Å². The number of nitrogens with two attached hydrogens (primary N) is 1. The molecule has 3 fully saturated rings. The third kappa shape index (κ3) is 4.79. The van der Waals surface area contributed by atoms with Crippen LogP contribution in [0.25, 0.3) is 0 Å². The van der Waals surface area contributed by atoms with Gasteiger partial charge in [0.15, 0.2) is 5.82 Å². The number of methoxy groups -OCH3 is 1. The molecule has 5 rings (SSSR count). The molecule has 0 bridgehead atoms. The van der Waals surface area contributed by atoms with Crippen molar-refractivity contribution in [2.75, 3.05) is 56.3 Å². The highest BCUT2D eigenvalue weighted by molar-refractivity contribution is 7.99. The zero-order chi connectivity index (χ0) is 25.5. The minimum Gasteiger partial charge on any atom is -0.390 e. The van der Waals surface area contributed by atoms with Crippen LogP contribution in [-0.2, 0) is 16.1 Å². The first-order valence-electron chi connectivity index (χ1n) is 12.4. The third-order valence-electron chi connectivity index (χ3n) is 7.84. The smallest absolute Gasteiger partial charge is 0.152 e. The molecule has 0 aliphatic carbocycles. The van der Waals surface area contributed by atoms with Crippen molar-refractivity contribution in [1.82, 2.24) is 15.0 Å². The van der Waals surface area contributed by atoms with E-state index in [0.717, 1.165) is 62.2 Å². The molecule has 196 valence electrons. The summed E-state index contributed by atoms with van der Waals surface area (Å²) < 4.78 is 11.2. The van der Waals surface area contributed by atoms with Gasteiger partial charge in [0.2, 0.25) is 0 Å². The highest BCUT2D eigenvalue weighted by Crippen LogP contribution is 2.43. The molecule has 9 nitrogen and oxygen atoms in total. The molecule has 2 aromatic heterocycles. The van der Waals surface area contributed by atoms with Crippen LogP contribution in [0.1, 0.15) is 32.4 Å². The zero-order valence-corrected chi connectivity index (χ0v) is 22.7. The number of hydrogen-bond donors (Lipinski definition) is 2. The van der Waals surface area contributed by atoms with E-state index >= 15 is 0 Å². The molecule has 0 amide bonds. The molecule has 3 saturated heterocycles. The van der Waals surface area contributed by atoms with E-state index in [1.165, 1.54) is 11.8 Å². The van der Waals surface area contributed by atoms with Gasteiger partial charge in [0, 0.05) is 61.3 Å². The number of halogens is 1. The van der Waals surface area contributed by atoms with Crippen molar-refractivity contribution in [2.45, 2.75) is 55.4 Å². The Bertz CT molecular complexity index is 1090. The Morgan fingerprint density at radius 3 is 2.64 bits per heavy atom. The average molecular weight is 535 g/mol. The van der Waals surface area contributed by atoms with Crippen LogP contribution in [0.2, 0.25) is 5.02 Å². The van der Waals surface area contributed by atoms with E-state index in [1.807, 2.05) is 6.07 Å². The topological polar surface area (TPSA) is 110 Å². The first-order valence-corrected chi connectivity index (χ1v) is 13.6. The van der Waals surface area contributed by atoms with Crippen LogP contribution in [0.15, 0.2) is 28.4 Å². The van der Waals surface area contributed by atoms with Crippen molar-refractivity contribution < 1.29 is 14.6 Å². The van der Waals surface area contributed by atoms with Crippen molar-refractivity contribution in [2.24, 2.45) is 16.6 Å². The lowest BCUT2D eigenvalue weighted by atomic mass is 9.73. The average Bonchev–Trinajstić information content (AvgIpc) is 3.13. The lowest BCUT2D eigenvalue weighted by Crippen LogP contribution is -2.57. The Hall–Kier alpha value is -1.69. The van der Waals surface area contributed by atoms with Gasteiger partial charge in [0.25, 0.3) is 0 Å². The van der Waals surface area contributed by atoms with Crippen molar-refractivity contribution in [3.05, 3.63) is 29.2 Å². The van der Waals surface area contributed by atoms with E-state index in [4.69, 9.17) is 36.8 Å². The van der Waals surface area contributed by atoms with Crippen LogP contribution >= 0.6 is 23.4 Å². The molecule has 1 spiro atoms. The van der Waals surface area contributed by atoms with Gasteiger partial charge in [-0.2, -0.15) is 0 Å². The number of aliphatic hydroxyl groups excluding tert-OH is 1. The normalized spacial score (nSPS) is 24.8. The number of aromatic nitrogens is 3. The van der Waals surface area contributed by atoms with Crippen LogP contribution in [0.5, 0.6) is 0 Å². The Kier molecular flexibility index (Phi) is 7.37. The molecular formula is C25H35ClN6O3S. The van der Waals surface area contributed by atoms with Crippen molar-refractivity contribution in [3.63, 3.8) is 0 Å². The van der Waals surface area contributed by atoms with Crippen molar-refractivity contribution in [1.29, 1.82) is 0 Å². The van der Waals surface area contributed by atoms with Gasteiger partial charge in [-0.3, -0.25) is 0 Å². The Morgan fingerprint density at radius 1 is 1.25 bits per heavy atom. The Morgan fingerprint density at radius 2 is 2.00 bits per heavy atom. The maximum absolute atomic E-state index is 10.1. The maximum Gasteiger partial charge on any atom is 0.152 e. The minimum atomic E-state index is -0.181. The quantitative estimate of drug-likeness (QED) is 0.550. The number of aliphatic hydroxyl groups is 1. The number of piperidine rings is 1. The summed E-state index contributed by atoms with van der Waals surface area (Å²) in [5.74, 6) is 1.50. The zero-order valence-electron chi connectivity index (χ0n) is 21.1. The van der Waals surface area contributed by atoms with E-state index in [2.05, 4.69) is 28.6 Å². The van der Waals surface area contributed by atoms with Crippen LogP contribution in [0, 0.1) is 10.8 Å². The fraction of sp³-hybridized carbons (Fsp3) is 0.640. The van der Waals surface area contributed by atoms with Crippen molar-refractivity contribution >= 4 is 35.0 Å². The second-order valence-corrected chi connectivity index (χ2v) is 12.1. The van der Waals surface area contributed by atoms with Gasteiger partial charge in [0.1, 0.15) is 16.5 Å². The molecule has 3 aliphatic rings. The molecule has 3 aliphatic heterocycles. The van der Waals surface area contributed by atoms with Gasteiger partial charge in [-0.05, 0) is 25.8 Å². The number of pyridine rings is 1. The molecule has 3 N–H and O–H groups in total. The molecule has 2 atom stereocenters. The summed E-state index contributed by atoms with van der Waals surface area (Å²) in [7, 11) is 1.73. The number of ether oxygens (including phenoxy) is 2. The minimum absolute atomic E-state index is 0.0335. The Labute approximate surface area is 221 Å². The number of nitrogens with zero attached hydrogens (tertiary/aromatic N) is 5. The molecule has 0 radical (unpaired) electrons. The fourth-order valence-electron chi connectivity index (χ4n) is 5.75. The number of anilines is 2. The van der Waals surface area contributed by atoms with Gasteiger partial charge in [-0.1, -0.05) is 30.3 Å². The largest absolute Gasteiger partial charge is 0.390 e. The summed E-state index contributed by atoms with van der Waals surface area (Å²) in [5, 5.41) is 11.4. The SMILES string of the molecule is COCC1(C)CN(c2nccc(Sc3cnc(N4CCC5(CC4)CO[C@@H](C)[C@H]5N)c(CO)n3)c2Cl)C1. The Balaban J connectivity index is 1.28. The van der Waals surface area contributed by atoms with E-state index < -0.39 is 0 Å². The van der Waals surface area contributed by atoms with E-state index in [-0.39, 0.29) is 29.6 Å². The number of rotatable bonds is 7. The fourth-order valence-corrected chi connectivity index (χ4v) is 6.89. The maximum atomic E-state index is 10.1. The lowest BCUT2D eigenvalue weighted by Gasteiger charge is -2.48. The third-order valence-corrected chi connectivity index (χ3v) is 9.29.